The number of rotatable bonds is 6. The van der Waals surface area contributed by atoms with Crippen LogP contribution in [0.4, 0.5) is 5.69 Å². The van der Waals surface area contributed by atoms with Crippen molar-refractivity contribution < 1.29 is 4.79 Å². The van der Waals surface area contributed by atoms with Crippen LogP contribution in [0.15, 0.2) is 53.7 Å². The molecule has 0 fully saturated rings. The number of carbonyl (C=O) groups excluding carboxylic acids is 1. The molecule has 0 spiro atoms. The Hall–Kier alpha value is -2.31. The van der Waals surface area contributed by atoms with Gasteiger partial charge in [-0.3, -0.25) is 4.79 Å². The Labute approximate surface area is 180 Å². The van der Waals surface area contributed by atoms with Crippen molar-refractivity contribution in [2.45, 2.75) is 44.8 Å². The number of aromatic nitrogens is 3. The highest BCUT2D eigenvalue weighted by atomic mass is 35.5. The van der Waals surface area contributed by atoms with Crippen molar-refractivity contribution in [1.82, 2.24) is 14.8 Å². The minimum Gasteiger partial charge on any atom is -0.324 e. The van der Waals surface area contributed by atoms with Crippen molar-refractivity contribution in [2.75, 3.05) is 11.1 Å². The number of amides is 1. The van der Waals surface area contributed by atoms with E-state index >= 15 is 0 Å². The van der Waals surface area contributed by atoms with E-state index in [1.807, 2.05) is 23.6 Å². The molecular weight excluding hydrogens is 404 g/mol. The molecule has 1 heterocycles. The Morgan fingerprint density at radius 2 is 1.79 bits per heavy atom. The Morgan fingerprint density at radius 1 is 1.10 bits per heavy atom. The lowest BCUT2D eigenvalue weighted by Crippen LogP contribution is -2.15. The monoisotopic (exact) mass is 428 g/mol. The molecule has 0 unspecified atom stereocenters. The highest BCUT2D eigenvalue weighted by Gasteiger charge is 2.17. The Bertz CT molecular complexity index is 993. The van der Waals surface area contributed by atoms with E-state index in [-0.39, 0.29) is 17.1 Å². The topological polar surface area (TPSA) is 59.8 Å². The summed E-state index contributed by atoms with van der Waals surface area (Å²) >= 11 is 7.46. The van der Waals surface area contributed by atoms with Crippen LogP contribution in [0.2, 0.25) is 5.02 Å². The predicted octanol–water partition coefficient (Wildman–Crippen LogP) is 5.65. The first-order valence-electron chi connectivity index (χ1n) is 9.51. The maximum Gasteiger partial charge on any atom is 0.234 e. The van der Waals surface area contributed by atoms with E-state index in [0.717, 1.165) is 23.1 Å². The molecule has 5 nitrogen and oxygen atoms in total. The van der Waals surface area contributed by atoms with Gasteiger partial charge in [0.1, 0.15) is 0 Å². The molecule has 0 saturated heterocycles. The van der Waals surface area contributed by atoms with Crippen LogP contribution in [-0.2, 0) is 16.8 Å². The van der Waals surface area contributed by atoms with Crippen LogP contribution in [0.1, 0.15) is 33.3 Å². The standard InChI is InChI=1S/C22H25ClN4OS/c1-5-27-20(15-10-12-16(13-11-15)22(2,3)4)25-26-21(27)29-14-19(28)24-18-9-7-6-8-17(18)23/h6-13H,5,14H2,1-4H3,(H,24,28). The molecule has 0 bridgehead atoms. The number of halogens is 1. The lowest BCUT2D eigenvalue weighted by Gasteiger charge is -2.19. The van der Waals surface area contributed by atoms with Crippen LogP contribution in [0.3, 0.4) is 0 Å². The van der Waals surface area contributed by atoms with Crippen LogP contribution >= 0.6 is 23.4 Å². The molecule has 1 aromatic heterocycles. The normalized spacial score (nSPS) is 11.5. The van der Waals surface area contributed by atoms with Gasteiger partial charge in [0.25, 0.3) is 0 Å². The Balaban J connectivity index is 1.71. The zero-order valence-corrected chi connectivity index (χ0v) is 18.6. The van der Waals surface area contributed by atoms with Crippen molar-refractivity contribution in [3.63, 3.8) is 0 Å². The van der Waals surface area contributed by atoms with Crippen molar-refractivity contribution in [1.29, 1.82) is 0 Å². The molecule has 3 aromatic rings. The zero-order valence-electron chi connectivity index (χ0n) is 17.1. The quantitative estimate of drug-likeness (QED) is 0.515. The maximum absolute atomic E-state index is 12.3. The summed E-state index contributed by atoms with van der Waals surface area (Å²) < 4.78 is 2.03. The third-order valence-corrected chi connectivity index (χ3v) is 5.82. The molecule has 0 atom stereocenters. The SMILES string of the molecule is CCn1c(SCC(=O)Nc2ccccc2Cl)nnc1-c1ccc(C(C)(C)C)cc1. The van der Waals surface area contributed by atoms with Gasteiger partial charge in [-0.15, -0.1) is 10.2 Å². The van der Waals surface area contributed by atoms with Gasteiger partial charge in [-0.1, -0.05) is 80.5 Å². The van der Waals surface area contributed by atoms with Gasteiger partial charge in [0, 0.05) is 12.1 Å². The molecule has 0 aliphatic carbocycles. The number of nitrogens with zero attached hydrogens (tertiary/aromatic N) is 3. The molecule has 0 saturated carbocycles. The average Bonchev–Trinajstić information content (AvgIpc) is 3.10. The smallest absolute Gasteiger partial charge is 0.234 e. The van der Waals surface area contributed by atoms with Crippen molar-refractivity contribution in [2.24, 2.45) is 0 Å². The van der Waals surface area contributed by atoms with Gasteiger partial charge < -0.3 is 9.88 Å². The van der Waals surface area contributed by atoms with Gasteiger partial charge in [-0.2, -0.15) is 0 Å². The third-order valence-electron chi connectivity index (χ3n) is 4.52. The highest BCUT2D eigenvalue weighted by Crippen LogP contribution is 2.28. The van der Waals surface area contributed by atoms with Crippen molar-refractivity contribution in [3.8, 4) is 11.4 Å². The highest BCUT2D eigenvalue weighted by molar-refractivity contribution is 7.99. The van der Waals surface area contributed by atoms with Gasteiger partial charge in [0.15, 0.2) is 11.0 Å². The second kappa shape index (κ2) is 9.01. The average molecular weight is 429 g/mol. The largest absolute Gasteiger partial charge is 0.324 e. The first kappa shape index (κ1) is 21.4. The summed E-state index contributed by atoms with van der Waals surface area (Å²) in [6.45, 7) is 9.35. The fraction of sp³-hybridized carbons (Fsp3) is 0.318. The molecule has 1 amide bonds. The first-order valence-corrected chi connectivity index (χ1v) is 10.9. The van der Waals surface area contributed by atoms with Crippen LogP contribution in [-0.4, -0.2) is 26.4 Å². The number of hydrogen-bond donors (Lipinski definition) is 1. The van der Waals surface area contributed by atoms with Gasteiger partial charge in [0.2, 0.25) is 5.91 Å². The van der Waals surface area contributed by atoms with Crippen LogP contribution in [0, 0.1) is 0 Å². The number of nitrogens with one attached hydrogen (secondary N) is 1. The van der Waals surface area contributed by atoms with Crippen molar-refractivity contribution >= 4 is 35.0 Å². The number of benzene rings is 2. The molecule has 0 radical (unpaired) electrons. The van der Waals surface area contributed by atoms with Gasteiger partial charge in [-0.05, 0) is 30.0 Å². The van der Waals surface area contributed by atoms with E-state index in [9.17, 15) is 4.79 Å². The number of anilines is 1. The van der Waals surface area contributed by atoms with Gasteiger partial charge in [0.05, 0.1) is 16.5 Å². The molecule has 3 rings (SSSR count). The number of carbonyl (C=O) groups is 1. The van der Waals surface area contributed by atoms with E-state index < -0.39 is 0 Å². The van der Waals surface area contributed by atoms with E-state index in [0.29, 0.717) is 10.7 Å². The van der Waals surface area contributed by atoms with E-state index in [2.05, 4.69) is 60.6 Å². The van der Waals surface area contributed by atoms with Crippen LogP contribution < -0.4 is 5.32 Å². The Kier molecular flexibility index (Phi) is 6.65. The van der Waals surface area contributed by atoms with Gasteiger partial charge in [-0.25, -0.2) is 0 Å². The molecule has 7 heteroatoms. The van der Waals surface area contributed by atoms with E-state index in [1.54, 1.807) is 12.1 Å². The van der Waals surface area contributed by atoms with E-state index in [1.165, 1.54) is 17.3 Å². The summed E-state index contributed by atoms with van der Waals surface area (Å²) in [6.07, 6.45) is 0. The second-order valence-corrected chi connectivity index (χ2v) is 9.04. The molecular formula is C22H25ClN4OS. The van der Waals surface area contributed by atoms with E-state index in [4.69, 9.17) is 11.6 Å². The minimum atomic E-state index is -0.134. The summed E-state index contributed by atoms with van der Waals surface area (Å²) in [7, 11) is 0. The Morgan fingerprint density at radius 3 is 2.41 bits per heavy atom. The summed E-state index contributed by atoms with van der Waals surface area (Å²) in [5, 5.41) is 12.7. The summed E-state index contributed by atoms with van der Waals surface area (Å²) in [4.78, 5) is 12.3. The molecule has 1 N–H and O–H groups in total. The fourth-order valence-electron chi connectivity index (χ4n) is 2.89. The van der Waals surface area contributed by atoms with Crippen LogP contribution in [0.25, 0.3) is 11.4 Å². The molecule has 152 valence electrons. The zero-order chi connectivity index (χ0) is 21.0. The number of para-hydroxylation sites is 1. The summed E-state index contributed by atoms with van der Waals surface area (Å²) in [5.41, 5.74) is 3.00. The summed E-state index contributed by atoms with van der Waals surface area (Å²) in [6, 6.07) is 15.6. The number of thioether (sulfide) groups is 1. The summed E-state index contributed by atoms with van der Waals surface area (Å²) in [5.74, 6) is 0.901. The molecule has 0 aliphatic rings. The predicted molar refractivity (Wildman–Crippen MR) is 121 cm³/mol. The minimum absolute atomic E-state index is 0.104. The van der Waals surface area contributed by atoms with Crippen molar-refractivity contribution in [3.05, 3.63) is 59.1 Å². The molecule has 29 heavy (non-hydrogen) atoms. The van der Waals surface area contributed by atoms with Gasteiger partial charge >= 0.3 is 0 Å². The molecule has 0 aliphatic heterocycles. The fourth-order valence-corrected chi connectivity index (χ4v) is 3.88. The first-order chi connectivity index (χ1) is 13.8. The molecule has 2 aromatic carbocycles. The third kappa shape index (κ3) is 5.19. The lowest BCUT2D eigenvalue weighted by atomic mass is 9.87. The van der Waals surface area contributed by atoms with Crippen LogP contribution in [0.5, 0.6) is 0 Å². The second-order valence-electron chi connectivity index (χ2n) is 7.69. The number of hydrogen-bond acceptors (Lipinski definition) is 4. The maximum atomic E-state index is 12.3. The lowest BCUT2D eigenvalue weighted by molar-refractivity contribution is -0.113.